The molecule has 3 fully saturated rings. The van der Waals surface area contributed by atoms with Crippen molar-refractivity contribution in [1.29, 1.82) is 0 Å². The van der Waals surface area contributed by atoms with Gasteiger partial charge >= 0.3 is 0 Å². The number of fused-ring (bicyclic) bond motifs is 3. The van der Waals surface area contributed by atoms with Crippen LogP contribution in [0.1, 0.15) is 96.8 Å². The summed E-state index contributed by atoms with van der Waals surface area (Å²) in [5.74, 6) is 0.626. The Kier molecular flexibility index (Phi) is 7.86. The lowest BCUT2D eigenvalue weighted by molar-refractivity contribution is -0.135. The Balaban J connectivity index is 1.09. The SMILES string of the molecule is Cc1nc2cccc(NCCCCCCCN[C@H]3C[C@H]4CC[C@]3(C)C4(C)C)c2c(=O)n1[C@H]1CCC(=O)NC1=O. The van der Waals surface area contributed by atoms with Gasteiger partial charge in [0.25, 0.3) is 5.56 Å². The van der Waals surface area contributed by atoms with Gasteiger partial charge in [-0.05, 0) is 80.9 Å². The summed E-state index contributed by atoms with van der Waals surface area (Å²) in [5, 5.41) is 10.2. The molecule has 2 heterocycles. The molecule has 39 heavy (non-hydrogen) atoms. The van der Waals surface area contributed by atoms with Gasteiger partial charge in [0.05, 0.1) is 10.9 Å². The lowest BCUT2D eigenvalue weighted by Crippen LogP contribution is -2.45. The molecule has 3 aliphatic rings. The Labute approximate surface area is 231 Å². The van der Waals surface area contributed by atoms with Gasteiger partial charge in [-0.3, -0.25) is 24.3 Å². The van der Waals surface area contributed by atoms with Crippen molar-refractivity contribution in [2.45, 2.75) is 104 Å². The molecule has 1 saturated heterocycles. The van der Waals surface area contributed by atoms with Gasteiger partial charge in [-0.25, -0.2) is 4.98 Å². The molecular formula is C31H45N5O3. The van der Waals surface area contributed by atoms with E-state index in [9.17, 15) is 14.4 Å². The number of aromatic nitrogens is 2. The normalized spacial score (nSPS) is 27.7. The van der Waals surface area contributed by atoms with Gasteiger partial charge in [0.15, 0.2) is 0 Å². The third-order valence-corrected chi connectivity index (χ3v) is 10.5. The van der Waals surface area contributed by atoms with Gasteiger partial charge in [0, 0.05) is 24.7 Å². The Morgan fingerprint density at radius 1 is 1.03 bits per heavy atom. The van der Waals surface area contributed by atoms with Crippen molar-refractivity contribution < 1.29 is 9.59 Å². The van der Waals surface area contributed by atoms with Crippen molar-refractivity contribution in [1.82, 2.24) is 20.2 Å². The molecule has 2 aromatic rings. The quantitative estimate of drug-likeness (QED) is 0.281. The van der Waals surface area contributed by atoms with Crippen LogP contribution in [0.25, 0.3) is 10.9 Å². The van der Waals surface area contributed by atoms with Gasteiger partial charge in [-0.15, -0.1) is 0 Å². The van der Waals surface area contributed by atoms with Crippen LogP contribution in [0.3, 0.4) is 0 Å². The third kappa shape index (κ3) is 5.12. The number of unbranched alkanes of at least 4 members (excludes halogenated alkanes) is 4. The predicted molar refractivity (Wildman–Crippen MR) is 155 cm³/mol. The van der Waals surface area contributed by atoms with Crippen LogP contribution in [0.5, 0.6) is 0 Å². The first-order valence-electron chi connectivity index (χ1n) is 15.0. The van der Waals surface area contributed by atoms with Crippen molar-refractivity contribution in [2.24, 2.45) is 16.7 Å². The summed E-state index contributed by atoms with van der Waals surface area (Å²) >= 11 is 0. The number of imide groups is 1. The molecule has 0 unspecified atom stereocenters. The molecule has 2 saturated carbocycles. The lowest BCUT2D eigenvalue weighted by Gasteiger charge is -2.39. The number of aryl methyl sites for hydroxylation is 1. The molecule has 8 heteroatoms. The fourth-order valence-electron chi connectivity index (χ4n) is 7.59. The molecule has 0 radical (unpaired) electrons. The zero-order valence-electron chi connectivity index (χ0n) is 24.1. The van der Waals surface area contributed by atoms with Crippen LogP contribution < -0.4 is 21.5 Å². The standard InChI is InChI=1S/C31H45N5O3/c1-20-34-23-12-10-11-22(27(23)29(39)36(20)24-13-14-26(37)35-28(24)38)32-17-8-6-5-7-9-18-33-25-19-21-15-16-31(25,4)30(21,2)3/h10-12,21,24-25,32-33H,5-9,13-19H2,1-4H3,(H,35,37,38)/t21-,24+,25+,31+/m1/s1. The van der Waals surface area contributed by atoms with Gasteiger partial charge in [-0.2, -0.15) is 0 Å². The highest BCUT2D eigenvalue weighted by atomic mass is 16.2. The maximum atomic E-state index is 13.5. The highest BCUT2D eigenvalue weighted by Gasteiger charge is 2.60. The molecule has 0 spiro atoms. The molecule has 2 amide bonds. The van der Waals surface area contributed by atoms with E-state index in [2.05, 4.69) is 41.7 Å². The Hall–Kier alpha value is -2.74. The predicted octanol–water partition coefficient (Wildman–Crippen LogP) is 4.85. The van der Waals surface area contributed by atoms with Crippen molar-refractivity contribution in [3.05, 3.63) is 34.4 Å². The van der Waals surface area contributed by atoms with Crippen LogP contribution in [-0.2, 0) is 9.59 Å². The first kappa shape index (κ1) is 27.8. The van der Waals surface area contributed by atoms with Crippen LogP contribution in [0.2, 0.25) is 0 Å². The summed E-state index contributed by atoms with van der Waals surface area (Å²) < 4.78 is 1.45. The summed E-state index contributed by atoms with van der Waals surface area (Å²) in [6.07, 6.45) is 10.5. The maximum absolute atomic E-state index is 13.5. The van der Waals surface area contributed by atoms with E-state index in [4.69, 9.17) is 0 Å². The molecule has 212 valence electrons. The van der Waals surface area contributed by atoms with Gasteiger partial charge < -0.3 is 10.6 Å². The first-order valence-corrected chi connectivity index (χ1v) is 15.0. The monoisotopic (exact) mass is 535 g/mol. The molecule has 1 aromatic heterocycles. The number of carbonyl (C=O) groups excluding carboxylic acids is 2. The Morgan fingerprint density at radius 3 is 2.46 bits per heavy atom. The molecule has 3 N–H and O–H groups in total. The highest BCUT2D eigenvalue weighted by molar-refractivity contribution is 5.99. The van der Waals surface area contributed by atoms with E-state index in [0.717, 1.165) is 37.5 Å². The number of carbonyl (C=O) groups is 2. The Morgan fingerprint density at radius 2 is 1.77 bits per heavy atom. The van der Waals surface area contributed by atoms with Crippen molar-refractivity contribution in [2.75, 3.05) is 18.4 Å². The summed E-state index contributed by atoms with van der Waals surface area (Å²) in [7, 11) is 0. The first-order chi connectivity index (χ1) is 18.6. The molecular weight excluding hydrogens is 490 g/mol. The van der Waals surface area contributed by atoms with Crippen LogP contribution in [-0.4, -0.2) is 40.5 Å². The highest BCUT2D eigenvalue weighted by Crippen LogP contribution is 2.65. The molecule has 8 nitrogen and oxygen atoms in total. The smallest absolute Gasteiger partial charge is 0.264 e. The minimum atomic E-state index is -0.715. The van der Waals surface area contributed by atoms with Crippen molar-refractivity contribution in [3.8, 4) is 0 Å². The van der Waals surface area contributed by atoms with Gasteiger partial charge in [0.2, 0.25) is 11.8 Å². The molecule has 4 atom stereocenters. The van der Waals surface area contributed by atoms with E-state index < -0.39 is 11.9 Å². The topological polar surface area (TPSA) is 105 Å². The largest absolute Gasteiger partial charge is 0.384 e. The summed E-state index contributed by atoms with van der Waals surface area (Å²) in [6.45, 7) is 11.1. The van der Waals surface area contributed by atoms with Crippen molar-refractivity contribution >= 4 is 28.4 Å². The fourth-order valence-corrected chi connectivity index (χ4v) is 7.59. The van der Waals surface area contributed by atoms with Crippen LogP contribution >= 0.6 is 0 Å². The molecule has 1 aliphatic heterocycles. The maximum Gasteiger partial charge on any atom is 0.264 e. The van der Waals surface area contributed by atoms with Crippen LogP contribution in [0.4, 0.5) is 5.69 Å². The number of nitrogens with one attached hydrogen (secondary N) is 3. The lowest BCUT2D eigenvalue weighted by atomic mass is 9.69. The number of nitrogens with zero attached hydrogens (tertiary/aromatic N) is 2. The second kappa shape index (κ2) is 11.0. The van der Waals surface area contributed by atoms with Gasteiger partial charge in [0.1, 0.15) is 11.9 Å². The van der Waals surface area contributed by atoms with E-state index in [-0.39, 0.29) is 17.9 Å². The van der Waals surface area contributed by atoms with Crippen LogP contribution in [0.15, 0.2) is 23.0 Å². The summed E-state index contributed by atoms with van der Waals surface area (Å²) in [5.41, 5.74) is 2.04. The number of rotatable bonds is 11. The number of anilines is 1. The van der Waals surface area contributed by atoms with E-state index in [1.165, 1.54) is 43.1 Å². The number of amides is 2. The van der Waals surface area contributed by atoms with Crippen LogP contribution in [0, 0.1) is 23.7 Å². The molecule has 2 aliphatic carbocycles. The zero-order valence-corrected chi connectivity index (χ0v) is 24.1. The van der Waals surface area contributed by atoms with E-state index in [0.29, 0.717) is 40.0 Å². The molecule has 2 bridgehead atoms. The average molecular weight is 536 g/mol. The number of hydrogen-bond donors (Lipinski definition) is 3. The second-order valence-corrected chi connectivity index (χ2v) is 12.8. The fraction of sp³-hybridized carbons (Fsp3) is 0.677. The van der Waals surface area contributed by atoms with Gasteiger partial charge in [-0.1, -0.05) is 46.1 Å². The number of piperidine rings is 1. The summed E-state index contributed by atoms with van der Waals surface area (Å²) in [6, 6.07) is 5.59. The molecule has 5 rings (SSSR count). The minimum absolute atomic E-state index is 0.217. The number of benzene rings is 1. The van der Waals surface area contributed by atoms with Crippen molar-refractivity contribution in [3.63, 3.8) is 0 Å². The minimum Gasteiger partial charge on any atom is -0.384 e. The van der Waals surface area contributed by atoms with E-state index in [1.807, 2.05) is 18.2 Å². The third-order valence-electron chi connectivity index (χ3n) is 10.5. The average Bonchev–Trinajstić information content (AvgIpc) is 3.22. The molecule has 1 aromatic carbocycles. The Bertz CT molecular complexity index is 1300. The second-order valence-electron chi connectivity index (χ2n) is 12.8. The zero-order chi connectivity index (χ0) is 27.8. The van der Waals surface area contributed by atoms with E-state index in [1.54, 1.807) is 6.92 Å². The number of hydrogen-bond acceptors (Lipinski definition) is 6. The summed E-state index contributed by atoms with van der Waals surface area (Å²) in [4.78, 5) is 42.2. The van der Waals surface area contributed by atoms with E-state index >= 15 is 0 Å².